The van der Waals surface area contributed by atoms with E-state index in [-0.39, 0.29) is 5.54 Å². The highest BCUT2D eigenvalue weighted by Crippen LogP contribution is 2.38. The Kier molecular flexibility index (Phi) is 1.63. The lowest BCUT2D eigenvalue weighted by Gasteiger charge is -2.37. The molecule has 0 aliphatic carbocycles. The average Bonchev–Trinajstić information content (AvgIpc) is 2.84. The quantitative estimate of drug-likeness (QED) is 0.604. The molecule has 3 atom stereocenters. The number of rotatable bonds is 1. The molecule has 0 aromatic carbocycles. The Morgan fingerprint density at radius 1 is 1.50 bits per heavy atom. The predicted molar refractivity (Wildman–Crippen MR) is 49.2 cm³/mol. The molecule has 3 rings (SSSR count). The number of fused-ring (bicyclic) bond motifs is 2. The first kappa shape index (κ1) is 8.31. The highest BCUT2D eigenvalue weighted by molar-refractivity contribution is 5.10. The molecule has 76 valence electrons. The third-order valence-corrected chi connectivity index (χ3v) is 3.60. The Bertz CT molecular complexity index is 323. The summed E-state index contributed by atoms with van der Waals surface area (Å²) in [6, 6.07) is 0. The number of nitrogens with two attached hydrogens (primary N) is 1. The zero-order valence-electron chi connectivity index (χ0n) is 7.98. The minimum Gasteiger partial charge on any atom is -0.318 e. The van der Waals surface area contributed by atoms with Gasteiger partial charge in [-0.05, 0) is 25.3 Å². The zero-order chi connectivity index (χ0) is 9.60. The van der Waals surface area contributed by atoms with Crippen LogP contribution < -0.4 is 5.73 Å². The van der Waals surface area contributed by atoms with Gasteiger partial charge in [-0.3, -0.25) is 0 Å². The van der Waals surface area contributed by atoms with E-state index in [2.05, 4.69) is 25.5 Å². The lowest BCUT2D eigenvalue weighted by molar-refractivity contribution is 0.160. The molecule has 2 aliphatic heterocycles. The van der Waals surface area contributed by atoms with Crippen molar-refractivity contribution in [3.63, 3.8) is 0 Å². The van der Waals surface area contributed by atoms with E-state index in [1.54, 1.807) is 0 Å². The Morgan fingerprint density at radius 2 is 2.43 bits per heavy atom. The molecular formula is C8H14N6. The van der Waals surface area contributed by atoms with Gasteiger partial charge in [0.05, 0.1) is 5.54 Å². The van der Waals surface area contributed by atoms with Gasteiger partial charge in [-0.2, -0.15) is 5.21 Å². The van der Waals surface area contributed by atoms with Crippen molar-refractivity contribution >= 4 is 0 Å². The van der Waals surface area contributed by atoms with Crippen molar-refractivity contribution in [2.24, 2.45) is 11.7 Å². The van der Waals surface area contributed by atoms with Crippen molar-refractivity contribution < 1.29 is 0 Å². The molecule has 2 bridgehead atoms. The van der Waals surface area contributed by atoms with Crippen LogP contribution in [0.4, 0.5) is 0 Å². The van der Waals surface area contributed by atoms with E-state index >= 15 is 0 Å². The molecule has 0 radical (unpaired) electrons. The van der Waals surface area contributed by atoms with Crippen molar-refractivity contribution in [3.05, 3.63) is 5.82 Å². The number of tetrazole rings is 1. The van der Waals surface area contributed by atoms with Crippen molar-refractivity contribution in [2.75, 3.05) is 19.6 Å². The van der Waals surface area contributed by atoms with Gasteiger partial charge in [0.2, 0.25) is 0 Å². The number of nitrogens with one attached hydrogen (secondary N) is 1. The number of hydrogen-bond acceptors (Lipinski definition) is 5. The van der Waals surface area contributed by atoms with Crippen LogP contribution in [0, 0.1) is 5.92 Å². The SMILES string of the molecule is NC1(c2nn[nH]n2)CCN2CCC1C2. The van der Waals surface area contributed by atoms with Crippen LogP contribution in [0.25, 0.3) is 0 Å². The monoisotopic (exact) mass is 194 g/mol. The molecule has 14 heavy (non-hydrogen) atoms. The van der Waals surface area contributed by atoms with E-state index in [1.807, 2.05) is 0 Å². The van der Waals surface area contributed by atoms with Crippen molar-refractivity contribution in [3.8, 4) is 0 Å². The topological polar surface area (TPSA) is 83.7 Å². The molecule has 0 saturated carbocycles. The summed E-state index contributed by atoms with van der Waals surface area (Å²) in [5.41, 5.74) is 6.05. The normalized spacial score (nSPS) is 41.5. The van der Waals surface area contributed by atoms with Crippen LogP contribution >= 0.6 is 0 Å². The molecule has 3 heterocycles. The van der Waals surface area contributed by atoms with Gasteiger partial charge in [0, 0.05) is 13.1 Å². The molecule has 6 heteroatoms. The second-order valence-electron chi connectivity index (χ2n) is 4.31. The van der Waals surface area contributed by atoms with E-state index in [4.69, 9.17) is 5.73 Å². The summed E-state index contributed by atoms with van der Waals surface area (Å²) in [4.78, 5) is 2.45. The van der Waals surface area contributed by atoms with Crippen LogP contribution in [-0.2, 0) is 5.54 Å². The van der Waals surface area contributed by atoms with Gasteiger partial charge in [0.15, 0.2) is 5.82 Å². The van der Waals surface area contributed by atoms with E-state index < -0.39 is 0 Å². The molecular weight excluding hydrogens is 180 g/mol. The molecule has 1 aromatic rings. The second-order valence-corrected chi connectivity index (χ2v) is 4.31. The number of piperidine rings is 1. The van der Waals surface area contributed by atoms with Crippen LogP contribution in [0.2, 0.25) is 0 Å². The van der Waals surface area contributed by atoms with Crippen LogP contribution in [0.5, 0.6) is 0 Å². The summed E-state index contributed by atoms with van der Waals surface area (Å²) in [5.74, 6) is 1.18. The Balaban J connectivity index is 1.95. The lowest BCUT2D eigenvalue weighted by Crippen LogP contribution is -2.51. The largest absolute Gasteiger partial charge is 0.318 e. The number of aromatic amines is 1. The van der Waals surface area contributed by atoms with Gasteiger partial charge >= 0.3 is 0 Å². The Hall–Kier alpha value is -1.01. The first-order valence-electron chi connectivity index (χ1n) is 5.04. The summed E-state index contributed by atoms with van der Waals surface area (Å²) in [6.45, 7) is 3.31. The fourth-order valence-electron chi connectivity index (χ4n) is 2.66. The maximum Gasteiger partial charge on any atom is 0.194 e. The van der Waals surface area contributed by atoms with Gasteiger partial charge in [-0.25, -0.2) is 0 Å². The smallest absolute Gasteiger partial charge is 0.194 e. The number of nitrogens with zero attached hydrogens (tertiary/aromatic N) is 4. The summed E-state index contributed by atoms with van der Waals surface area (Å²) in [7, 11) is 0. The maximum atomic E-state index is 6.39. The molecule has 3 unspecified atom stereocenters. The van der Waals surface area contributed by atoms with Crippen LogP contribution in [0.1, 0.15) is 18.7 Å². The van der Waals surface area contributed by atoms with Crippen molar-refractivity contribution in [2.45, 2.75) is 18.4 Å². The van der Waals surface area contributed by atoms with Gasteiger partial charge in [0.25, 0.3) is 0 Å². The number of H-pyrrole nitrogens is 1. The van der Waals surface area contributed by atoms with Gasteiger partial charge in [0.1, 0.15) is 0 Å². The van der Waals surface area contributed by atoms with Gasteiger partial charge < -0.3 is 10.6 Å². The fraction of sp³-hybridized carbons (Fsp3) is 0.875. The molecule has 2 saturated heterocycles. The van der Waals surface area contributed by atoms with Gasteiger partial charge in [-0.15, -0.1) is 10.2 Å². The standard InChI is InChI=1S/C8H14N6/c9-8(7-10-12-13-11-7)2-4-14-3-1-6(8)5-14/h6H,1-5,9H2,(H,10,11,12,13). The van der Waals surface area contributed by atoms with Crippen LogP contribution in [0.15, 0.2) is 0 Å². The highest BCUT2D eigenvalue weighted by atomic mass is 15.5. The Labute approximate surface area is 81.8 Å². The minimum absolute atomic E-state index is 0.347. The second kappa shape index (κ2) is 2.74. The molecule has 2 fully saturated rings. The predicted octanol–water partition coefficient (Wildman–Crippen LogP) is -0.921. The lowest BCUT2D eigenvalue weighted by atomic mass is 9.79. The van der Waals surface area contributed by atoms with E-state index in [0.29, 0.717) is 11.7 Å². The Morgan fingerprint density at radius 3 is 3.21 bits per heavy atom. The number of hydrogen-bond donors (Lipinski definition) is 2. The maximum absolute atomic E-state index is 6.39. The molecule has 6 nitrogen and oxygen atoms in total. The van der Waals surface area contributed by atoms with E-state index in [0.717, 1.165) is 25.9 Å². The first-order valence-corrected chi connectivity index (χ1v) is 5.04. The summed E-state index contributed by atoms with van der Waals surface area (Å²) in [6.07, 6.45) is 2.10. The molecule has 0 amide bonds. The van der Waals surface area contributed by atoms with Crippen LogP contribution in [-0.4, -0.2) is 45.2 Å². The minimum atomic E-state index is -0.347. The first-order chi connectivity index (χ1) is 6.79. The molecule has 2 aliphatic rings. The fourth-order valence-corrected chi connectivity index (χ4v) is 2.66. The van der Waals surface area contributed by atoms with E-state index in [1.165, 1.54) is 6.54 Å². The summed E-state index contributed by atoms with van der Waals surface area (Å²) >= 11 is 0. The summed E-state index contributed by atoms with van der Waals surface area (Å²) in [5, 5.41) is 14.2. The highest BCUT2D eigenvalue weighted by Gasteiger charge is 2.47. The average molecular weight is 194 g/mol. The van der Waals surface area contributed by atoms with Crippen molar-refractivity contribution in [1.29, 1.82) is 0 Å². The van der Waals surface area contributed by atoms with Crippen molar-refractivity contribution in [1.82, 2.24) is 25.5 Å². The third kappa shape index (κ3) is 1.01. The van der Waals surface area contributed by atoms with E-state index in [9.17, 15) is 0 Å². The van der Waals surface area contributed by atoms with Gasteiger partial charge in [-0.1, -0.05) is 5.21 Å². The molecule has 3 N–H and O–H groups in total. The molecule has 1 aromatic heterocycles. The zero-order valence-corrected chi connectivity index (χ0v) is 7.98. The molecule has 0 spiro atoms. The van der Waals surface area contributed by atoms with Crippen LogP contribution in [0.3, 0.4) is 0 Å². The third-order valence-electron chi connectivity index (χ3n) is 3.60. The summed E-state index contributed by atoms with van der Waals surface area (Å²) < 4.78 is 0. The number of aromatic nitrogens is 4.